The van der Waals surface area contributed by atoms with Gasteiger partial charge >= 0.3 is 5.97 Å². The Morgan fingerprint density at radius 3 is 2.40 bits per heavy atom. The highest BCUT2D eigenvalue weighted by atomic mass is 16.5. The molecule has 35 heavy (non-hydrogen) atoms. The van der Waals surface area contributed by atoms with E-state index in [1.54, 1.807) is 0 Å². The molecule has 1 fully saturated rings. The Morgan fingerprint density at radius 2 is 1.69 bits per heavy atom. The Labute approximate surface area is 208 Å². The number of hydrogen-bond donors (Lipinski definition) is 0. The third kappa shape index (κ3) is 4.13. The second kappa shape index (κ2) is 9.65. The van der Waals surface area contributed by atoms with E-state index in [1.807, 2.05) is 24.3 Å². The molecule has 0 radical (unpaired) electrons. The van der Waals surface area contributed by atoms with Gasteiger partial charge in [-0.05, 0) is 69.0 Å². The van der Waals surface area contributed by atoms with E-state index in [-0.39, 0.29) is 11.9 Å². The normalized spacial score (nSPS) is 16.3. The molecule has 1 unspecified atom stereocenters. The van der Waals surface area contributed by atoms with E-state index >= 15 is 0 Å². The molecule has 0 spiro atoms. The molecule has 2 aliphatic rings. The third-order valence-electron chi connectivity index (χ3n) is 7.42. The lowest BCUT2D eigenvalue weighted by Gasteiger charge is -2.33. The molecule has 3 aromatic carbocycles. The smallest absolute Gasteiger partial charge is 0.338 e. The van der Waals surface area contributed by atoms with Crippen LogP contribution in [0, 0.1) is 6.92 Å². The number of aryl methyl sites for hydroxylation is 1. The van der Waals surface area contributed by atoms with Crippen molar-refractivity contribution in [1.82, 2.24) is 0 Å². The lowest BCUT2D eigenvalue weighted by atomic mass is 9.80. The Bertz CT molecular complexity index is 1240. The first kappa shape index (κ1) is 23.3. The molecule has 0 amide bonds. The first-order valence-corrected chi connectivity index (χ1v) is 12.7. The molecule has 2 aliphatic heterocycles. The van der Waals surface area contributed by atoms with Gasteiger partial charge in [0.25, 0.3) is 0 Å². The fraction of sp³-hybridized carbons (Fsp3) is 0.367. The molecule has 1 saturated heterocycles. The van der Waals surface area contributed by atoms with E-state index in [4.69, 9.17) is 9.47 Å². The summed E-state index contributed by atoms with van der Waals surface area (Å²) in [5, 5.41) is 0. The first-order chi connectivity index (χ1) is 17.0. The van der Waals surface area contributed by atoms with E-state index in [0.717, 1.165) is 60.1 Å². The van der Waals surface area contributed by atoms with Gasteiger partial charge in [-0.2, -0.15) is 0 Å². The molecule has 2 heterocycles. The number of carbonyl (C=O) groups excluding carboxylic acids is 1. The van der Waals surface area contributed by atoms with Gasteiger partial charge in [0, 0.05) is 60.7 Å². The number of hydrogen-bond acceptors (Lipinski definition) is 5. The largest absolute Gasteiger partial charge is 0.465 e. The summed E-state index contributed by atoms with van der Waals surface area (Å²) >= 11 is 0. The molecule has 0 N–H and O–H groups in total. The van der Waals surface area contributed by atoms with Crippen molar-refractivity contribution in [3.63, 3.8) is 0 Å². The van der Waals surface area contributed by atoms with Crippen LogP contribution in [0.25, 0.3) is 0 Å². The van der Waals surface area contributed by atoms with Crippen molar-refractivity contribution in [1.29, 1.82) is 0 Å². The van der Waals surface area contributed by atoms with E-state index in [1.165, 1.54) is 31.2 Å². The van der Waals surface area contributed by atoms with Crippen LogP contribution in [-0.4, -0.2) is 39.3 Å². The summed E-state index contributed by atoms with van der Waals surface area (Å²) in [7, 11) is 1.44. The molecule has 3 aromatic rings. The molecular formula is C30H34N2O3. The maximum absolute atomic E-state index is 12.8. The molecule has 0 aromatic heterocycles. The molecule has 5 rings (SSSR count). The van der Waals surface area contributed by atoms with Crippen molar-refractivity contribution in [2.45, 2.75) is 39.5 Å². The van der Waals surface area contributed by atoms with Crippen LogP contribution in [0.15, 0.2) is 54.6 Å². The van der Waals surface area contributed by atoms with Gasteiger partial charge < -0.3 is 19.3 Å². The highest BCUT2D eigenvalue weighted by Crippen LogP contribution is 2.50. The number of nitrogens with zero attached hydrogens (tertiary/aromatic N) is 2. The number of rotatable bonds is 6. The van der Waals surface area contributed by atoms with Crippen molar-refractivity contribution in [3.05, 3.63) is 82.4 Å². The lowest BCUT2D eigenvalue weighted by Crippen LogP contribution is -2.23. The molecule has 182 valence electrons. The molecule has 0 saturated carbocycles. The van der Waals surface area contributed by atoms with Crippen LogP contribution >= 0.6 is 0 Å². The predicted octanol–water partition coefficient (Wildman–Crippen LogP) is 6.51. The lowest BCUT2D eigenvalue weighted by molar-refractivity contribution is 0.0599. The van der Waals surface area contributed by atoms with E-state index in [2.05, 4.69) is 60.9 Å². The molecule has 5 heteroatoms. The van der Waals surface area contributed by atoms with Crippen LogP contribution in [0.3, 0.4) is 0 Å². The van der Waals surface area contributed by atoms with Gasteiger partial charge in [0.05, 0.1) is 12.7 Å². The van der Waals surface area contributed by atoms with Crippen molar-refractivity contribution in [3.8, 4) is 11.5 Å². The molecular weight excluding hydrogens is 436 g/mol. The van der Waals surface area contributed by atoms with Gasteiger partial charge in [0.1, 0.15) is 11.5 Å². The highest BCUT2D eigenvalue weighted by Gasteiger charge is 2.33. The molecule has 1 atom stereocenters. The average molecular weight is 471 g/mol. The zero-order valence-electron chi connectivity index (χ0n) is 21.1. The minimum absolute atomic E-state index is 0.128. The maximum atomic E-state index is 12.8. The van der Waals surface area contributed by atoms with Gasteiger partial charge in [0.2, 0.25) is 0 Å². The second-order valence-corrected chi connectivity index (χ2v) is 9.38. The van der Waals surface area contributed by atoms with E-state index in [9.17, 15) is 4.79 Å². The number of anilines is 2. The molecule has 5 nitrogen and oxygen atoms in total. The fourth-order valence-corrected chi connectivity index (χ4v) is 5.60. The fourth-order valence-electron chi connectivity index (χ4n) is 5.60. The predicted molar refractivity (Wildman–Crippen MR) is 141 cm³/mol. The van der Waals surface area contributed by atoms with E-state index in [0.29, 0.717) is 5.56 Å². The van der Waals surface area contributed by atoms with Crippen LogP contribution in [0.2, 0.25) is 0 Å². The SMILES string of the molecule is CCN(CC)c1ccc2c(c1)Oc1cc(C)c(N3CCCC3)cc1C2c1ccccc1C(=O)OC. The second-order valence-electron chi connectivity index (χ2n) is 9.38. The Hall–Kier alpha value is -3.47. The van der Waals surface area contributed by atoms with Crippen LogP contribution in [-0.2, 0) is 4.74 Å². The van der Waals surface area contributed by atoms with Gasteiger partial charge in [0.15, 0.2) is 0 Å². The Kier molecular flexibility index (Phi) is 6.42. The summed E-state index contributed by atoms with van der Waals surface area (Å²) in [6.45, 7) is 10.5. The van der Waals surface area contributed by atoms with Gasteiger partial charge in [-0.3, -0.25) is 0 Å². The van der Waals surface area contributed by atoms with Crippen LogP contribution in [0.1, 0.15) is 65.2 Å². The zero-order valence-corrected chi connectivity index (χ0v) is 21.1. The van der Waals surface area contributed by atoms with Gasteiger partial charge in [-0.15, -0.1) is 0 Å². The van der Waals surface area contributed by atoms with Crippen molar-refractivity contribution in [2.24, 2.45) is 0 Å². The summed E-state index contributed by atoms with van der Waals surface area (Å²) < 4.78 is 11.7. The van der Waals surface area contributed by atoms with E-state index < -0.39 is 0 Å². The summed E-state index contributed by atoms with van der Waals surface area (Å²) in [4.78, 5) is 17.6. The number of ether oxygens (including phenoxy) is 2. The van der Waals surface area contributed by atoms with Crippen molar-refractivity contribution < 1.29 is 14.3 Å². The number of fused-ring (bicyclic) bond motifs is 2. The minimum Gasteiger partial charge on any atom is -0.465 e. The third-order valence-corrected chi connectivity index (χ3v) is 7.42. The number of carbonyl (C=O) groups is 1. The Balaban J connectivity index is 1.72. The maximum Gasteiger partial charge on any atom is 0.338 e. The number of methoxy groups -OCH3 is 1. The number of esters is 1. The summed E-state index contributed by atoms with van der Waals surface area (Å²) in [6.07, 6.45) is 2.44. The first-order valence-electron chi connectivity index (χ1n) is 12.7. The van der Waals surface area contributed by atoms with Crippen molar-refractivity contribution in [2.75, 3.05) is 43.1 Å². The average Bonchev–Trinajstić information content (AvgIpc) is 3.42. The van der Waals surface area contributed by atoms with Crippen LogP contribution in [0.5, 0.6) is 11.5 Å². The van der Waals surface area contributed by atoms with Gasteiger partial charge in [-0.25, -0.2) is 4.79 Å². The zero-order chi connectivity index (χ0) is 24.5. The monoisotopic (exact) mass is 470 g/mol. The minimum atomic E-state index is -0.318. The molecule has 0 bridgehead atoms. The van der Waals surface area contributed by atoms with Crippen LogP contribution in [0.4, 0.5) is 11.4 Å². The molecule has 0 aliphatic carbocycles. The standard InChI is InChI=1S/C30H34N2O3/c1-5-31(6-2)21-13-14-24-28(18-21)35-27-17-20(3)26(32-15-9-10-16-32)19-25(27)29(24)22-11-7-8-12-23(22)30(33)34-4/h7-8,11-14,17-19,29H,5-6,9-10,15-16H2,1-4H3. The quantitative estimate of drug-likeness (QED) is 0.300. The van der Waals surface area contributed by atoms with Gasteiger partial charge in [-0.1, -0.05) is 24.3 Å². The Morgan fingerprint density at radius 1 is 0.971 bits per heavy atom. The topological polar surface area (TPSA) is 42.0 Å². The summed E-state index contributed by atoms with van der Waals surface area (Å²) in [6, 6.07) is 18.7. The number of benzene rings is 3. The summed E-state index contributed by atoms with van der Waals surface area (Å²) in [5.74, 6) is 1.26. The van der Waals surface area contributed by atoms with Crippen LogP contribution < -0.4 is 14.5 Å². The highest BCUT2D eigenvalue weighted by molar-refractivity contribution is 5.92. The summed E-state index contributed by atoms with van der Waals surface area (Å²) in [5.41, 5.74) is 7.31. The van der Waals surface area contributed by atoms with Crippen molar-refractivity contribution >= 4 is 17.3 Å².